The molecule has 0 amide bonds. The zero-order chi connectivity index (χ0) is 16.6. The van der Waals surface area contributed by atoms with Crippen molar-refractivity contribution >= 4 is 28.1 Å². The van der Waals surface area contributed by atoms with Gasteiger partial charge in [0.1, 0.15) is 5.15 Å². The number of halogens is 1. The van der Waals surface area contributed by atoms with Gasteiger partial charge in [0.05, 0.1) is 11.0 Å². The number of nitrogens with zero attached hydrogens (tertiary/aromatic N) is 3. The maximum absolute atomic E-state index is 6.47. The SMILES string of the molecule is CO[C@@H]1CCC[C@@]12CCCN(Cc1sc(N3CCCC3)nc1Cl)C2. The molecule has 3 aliphatic rings. The number of ether oxygens (including phenoxy) is 1. The number of aromatic nitrogens is 1. The van der Waals surface area contributed by atoms with Crippen LogP contribution >= 0.6 is 22.9 Å². The Balaban J connectivity index is 1.45. The molecule has 134 valence electrons. The van der Waals surface area contributed by atoms with Crippen molar-refractivity contribution in [2.45, 2.75) is 57.6 Å². The zero-order valence-electron chi connectivity index (χ0n) is 14.6. The topological polar surface area (TPSA) is 28.6 Å². The summed E-state index contributed by atoms with van der Waals surface area (Å²) >= 11 is 8.27. The molecule has 24 heavy (non-hydrogen) atoms. The summed E-state index contributed by atoms with van der Waals surface area (Å²) in [5.74, 6) is 0. The van der Waals surface area contributed by atoms with Crippen LogP contribution in [-0.4, -0.2) is 49.3 Å². The Morgan fingerprint density at radius 1 is 1.21 bits per heavy atom. The second-order valence-corrected chi connectivity index (χ2v) is 9.12. The van der Waals surface area contributed by atoms with Crippen LogP contribution in [-0.2, 0) is 11.3 Å². The van der Waals surface area contributed by atoms with Crippen LogP contribution in [0.15, 0.2) is 0 Å². The van der Waals surface area contributed by atoms with E-state index in [1.54, 1.807) is 11.3 Å². The highest BCUT2D eigenvalue weighted by Gasteiger charge is 2.45. The van der Waals surface area contributed by atoms with E-state index in [4.69, 9.17) is 16.3 Å². The summed E-state index contributed by atoms with van der Waals surface area (Å²) in [7, 11) is 1.89. The highest BCUT2D eigenvalue weighted by Crippen LogP contribution is 2.47. The third kappa shape index (κ3) is 3.20. The lowest BCUT2D eigenvalue weighted by Crippen LogP contribution is -2.47. The standard InChI is InChI=1S/C18H28ClN3OS/c1-23-15-6-4-7-18(15)8-5-9-21(13-18)12-14-16(19)20-17(24-14)22-10-2-3-11-22/h15H,2-13H2,1H3/t15-,18+/m1/s1. The van der Waals surface area contributed by atoms with Crippen LogP contribution in [0.3, 0.4) is 0 Å². The van der Waals surface area contributed by atoms with Crippen LogP contribution in [0, 0.1) is 5.41 Å². The second-order valence-electron chi connectivity index (χ2n) is 7.70. The lowest BCUT2D eigenvalue weighted by atomic mass is 9.76. The van der Waals surface area contributed by atoms with E-state index in [-0.39, 0.29) is 0 Å². The summed E-state index contributed by atoms with van der Waals surface area (Å²) in [5.41, 5.74) is 0.377. The van der Waals surface area contributed by atoms with Crippen molar-refractivity contribution in [1.29, 1.82) is 0 Å². The number of hydrogen-bond acceptors (Lipinski definition) is 5. The van der Waals surface area contributed by atoms with Crippen molar-refractivity contribution in [3.63, 3.8) is 0 Å². The van der Waals surface area contributed by atoms with E-state index in [9.17, 15) is 0 Å². The molecule has 1 aromatic rings. The minimum Gasteiger partial charge on any atom is -0.381 e. The first kappa shape index (κ1) is 17.1. The fraction of sp³-hybridized carbons (Fsp3) is 0.833. The molecule has 0 N–H and O–H groups in total. The molecule has 6 heteroatoms. The largest absolute Gasteiger partial charge is 0.381 e. The molecule has 4 rings (SSSR count). The Kier molecular flexibility index (Phi) is 5.05. The summed E-state index contributed by atoms with van der Waals surface area (Å²) in [6.45, 7) is 5.53. The van der Waals surface area contributed by atoms with Gasteiger partial charge in [0.25, 0.3) is 0 Å². The molecular formula is C18H28ClN3OS. The number of thiazole rings is 1. The normalized spacial score (nSPS) is 31.4. The van der Waals surface area contributed by atoms with Gasteiger partial charge in [0, 0.05) is 38.7 Å². The maximum Gasteiger partial charge on any atom is 0.187 e. The number of anilines is 1. The van der Waals surface area contributed by atoms with E-state index in [2.05, 4.69) is 14.8 Å². The van der Waals surface area contributed by atoms with Gasteiger partial charge in [-0.2, -0.15) is 0 Å². The molecule has 1 aromatic heterocycles. The average molecular weight is 370 g/mol. The van der Waals surface area contributed by atoms with E-state index in [0.717, 1.165) is 36.5 Å². The van der Waals surface area contributed by atoms with Crippen molar-refractivity contribution in [3.8, 4) is 0 Å². The molecule has 4 nitrogen and oxygen atoms in total. The number of rotatable bonds is 4. The molecule has 1 spiro atoms. The number of hydrogen-bond donors (Lipinski definition) is 0. The summed E-state index contributed by atoms with van der Waals surface area (Å²) in [5, 5.41) is 1.84. The number of piperidine rings is 1. The molecule has 1 aliphatic carbocycles. The molecule has 2 saturated heterocycles. The van der Waals surface area contributed by atoms with E-state index in [0.29, 0.717) is 11.5 Å². The van der Waals surface area contributed by atoms with Crippen LogP contribution in [0.2, 0.25) is 5.15 Å². The fourth-order valence-electron chi connectivity index (χ4n) is 5.00. The van der Waals surface area contributed by atoms with Crippen molar-refractivity contribution in [1.82, 2.24) is 9.88 Å². The second kappa shape index (κ2) is 7.10. The molecule has 0 bridgehead atoms. The molecule has 3 fully saturated rings. The van der Waals surface area contributed by atoms with E-state index < -0.39 is 0 Å². The first-order valence-corrected chi connectivity index (χ1v) is 10.5. The summed E-state index contributed by atoms with van der Waals surface area (Å²) in [4.78, 5) is 10.9. The summed E-state index contributed by atoms with van der Waals surface area (Å²) in [6.07, 6.45) is 9.44. The van der Waals surface area contributed by atoms with Crippen molar-refractivity contribution in [2.75, 3.05) is 38.2 Å². The Labute approximate surface area is 154 Å². The number of likely N-dealkylation sites (tertiary alicyclic amines) is 1. The van der Waals surface area contributed by atoms with Crippen LogP contribution in [0.1, 0.15) is 49.8 Å². The number of methoxy groups -OCH3 is 1. The zero-order valence-corrected chi connectivity index (χ0v) is 16.2. The van der Waals surface area contributed by atoms with E-state index in [1.807, 2.05) is 7.11 Å². The van der Waals surface area contributed by atoms with Gasteiger partial charge in [-0.25, -0.2) is 4.98 Å². The highest BCUT2D eigenvalue weighted by atomic mass is 35.5. The Hall–Kier alpha value is -0.360. The molecule has 0 radical (unpaired) electrons. The summed E-state index contributed by atoms with van der Waals surface area (Å²) < 4.78 is 5.83. The van der Waals surface area contributed by atoms with Gasteiger partial charge in [-0.15, -0.1) is 0 Å². The predicted molar refractivity (Wildman–Crippen MR) is 100 cm³/mol. The quantitative estimate of drug-likeness (QED) is 0.796. The maximum atomic E-state index is 6.47. The first-order chi connectivity index (χ1) is 11.7. The van der Waals surface area contributed by atoms with Gasteiger partial charge in [0.15, 0.2) is 5.13 Å². The third-order valence-corrected chi connectivity index (χ3v) is 7.70. The Morgan fingerprint density at radius 3 is 2.79 bits per heavy atom. The van der Waals surface area contributed by atoms with Gasteiger partial charge in [-0.3, -0.25) is 4.90 Å². The Morgan fingerprint density at radius 2 is 2.00 bits per heavy atom. The smallest absolute Gasteiger partial charge is 0.187 e. The third-order valence-electron chi connectivity index (χ3n) is 6.18. The van der Waals surface area contributed by atoms with Crippen LogP contribution in [0.4, 0.5) is 5.13 Å². The molecule has 0 unspecified atom stereocenters. The minimum atomic E-state index is 0.377. The van der Waals surface area contributed by atoms with Crippen LogP contribution in [0.5, 0.6) is 0 Å². The van der Waals surface area contributed by atoms with Crippen molar-refractivity contribution in [2.24, 2.45) is 5.41 Å². The van der Waals surface area contributed by atoms with Gasteiger partial charge in [-0.1, -0.05) is 29.4 Å². The summed E-state index contributed by atoms with van der Waals surface area (Å²) in [6, 6.07) is 0. The van der Waals surface area contributed by atoms with Gasteiger partial charge in [-0.05, 0) is 45.1 Å². The van der Waals surface area contributed by atoms with Crippen molar-refractivity contribution < 1.29 is 4.74 Å². The first-order valence-electron chi connectivity index (χ1n) is 9.35. The van der Waals surface area contributed by atoms with E-state index >= 15 is 0 Å². The molecule has 2 atom stereocenters. The highest BCUT2D eigenvalue weighted by molar-refractivity contribution is 7.16. The lowest BCUT2D eigenvalue weighted by molar-refractivity contribution is -0.0364. The molecule has 0 aromatic carbocycles. The van der Waals surface area contributed by atoms with Gasteiger partial charge >= 0.3 is 0 Å². The molecule has 1 saturated carbocycles. The van der Waals surface area contributed by atoms with Crippen LogP contribution < -0.4 is 4.90 Å². The molecular weight excluding hydrogens is 342 g/mol. The minimum absolute atomic E-state index is 0.377. The predicted octanol–water partition coefficient (Wildman–Crippen LogP) is 4.18. The van der Waals surface area contributed by atoms with Gasteiger partial charge < -0.3 is 9.64 Å². The average Bonchev–Trinajstić information content (AvgIpc) is 3.29. The van der Waals surface area contributed by atoms with Crippen molar-refractivity contribution in [3.05, 3.63) is 10.0 Å². The Bertz CT molecular complexity index is 575. The molecule has 2 aliphatic heterocycles. The van der Waals surface area contributed by atoms with Gasteiger partial charge in [0.2, 0.25) is 0 Å². The van der Waals surface area contributed by atoms with Crippen LogP contribution in [0.25, 0.3) is 0 Å². The van der Waals surface area contributed by atoms with E-state index in [1.165, 1.54) is 56.4 Å². The lowest BCUT2D eigenvalue weighted by Gasteiger charge is -2.43. The molecule has 3 heterocycles. The monoisotopic (exact) mass is 369 g/mol. The fourth-order valence-corrected chi connectivity index (χ4v) is 6.35.